The molecule has 38 heavy (non-hydrogen) atoms. The first-order valence-electron chi connectivity index (χ1n) is 12.5. The van der Waals surface area contributed by atoms with Gasteiger partial charge in [0.2, 0.25) is 11.8 Å². The average molecular weight is 601 g/mol. The molecule has 9 heteroatoms. The number of halogens is 1. The minimum atomic E-state index is -4.08. The summed E-state index contributed by atoms with van der Waals surface area (Å²) in [5.41, 5.74) is 2.19. The van der Waals surface area contributed by atoms with E-state index in [0.29, 0.717) is 16.7 Å². The third kappa shape index (κ3) is 7.45. The Bertz CT molecular complexity index is 1360. The number of aryl methyl sites for hydroxylation is 1. The first kappa shape index (κ1) is 29.4. The topological polar surface area (TPSA) is 86.8 Å². The monoisotopic (exact) mass is 599 g/mol. The smallest absolute Gasteiger partial charge is 0.264 e. The van der Waals surface area contributed by atoms with Gasteiger partial charge in [0.15, 0.2) is 0 Å². The van der Waals surface area contributed by atoms with E-state index in [-0.39, 0.29) is 23.3 Å². The van der Waals surface area contributed by atoms with Crippen LogP contribution in [0.3, 0.4) is 0 Å². The number of rotatable bonds is 11. The summed E-state index contributed by atoms with van der Waals surface area (Å²) < 4.78 is 29.3. The van der Waals surface area contributed by atoms with Crippen LogP contribution in [0.5, 0.6) is 0 Å². The van der Waals surface area contributed by atoms with Crippen molar-refractivity contribution in [3.63, 3.8) is 0 Å². The van der Waals surface area contributed by atoms with Crippen LogP contribution in [-0.2, 0) is 26.2 Å². The summed E-state index contributed by atoms with van der Waals surface area (Å²) in [5.74, 6) is -0.532. The second-order valence-corrected chi connectivity index (χ2v) is 12.3. The summed E-state index contributed by atoms with van der Waals surface area (Å²) in [5, 5.41) is 2.90. The molecule has 0 fully saturated rings. The molecule has 0 saturated carbocycles. The minimum absolute atomic E-state index is 0.0703. The van der Waals surface area contributed by atoms with Gasteiger partial charge < -0.3 is 10.2 Å². The highest BCUT2D eigenvalue weighted by molar-refractivity contribution is 9.10. The van der Waals surface area contributed by atoms with E-state index >= 15 is 0 Å². The van der Waals surface area contributed by atoms with Crippen LogP contribution in [0.15, 0.2) is 88.2 Å². The number of nitrogens with one attached hydrogen (secondary N) is 1. The highest BCUT2D eigenvalue weighted by Gasteiger charge is 2.32. The summed E-state index contributed by atoms with van der Waals surface area (Å²) in [6, 6.07) is 21.6. The molecule has 0 aliphatic carbocycles. The summed E-state index contributed by atoms with van der Waals surface area (Å²) in [4.78, 5) is 28.5. The highest BCUT2D eigenvalue weighted by atomic mass is 79.9. The summed E-state index contributed by atoms with van der Waals surface area (Å²) in [6.07, 6.45) is 0. The second kappa shape index (κ2) is 13.1. The van der Waals surface area contributed by atoms with E-state index in [0.717, 1.165) is 15.4 Å². The maximum atomic E-state index is 13.9. The number of sulfonamides is 1. The Morgan fingerprint density at radius 2 is 1.58 bits per heavy atom. The molecule has 3 aromatic carbocycles. The largest absolute Gasteiger partial charge is 0.354 e. The van der Waals surface area contributed by atoms with Crippen molar-refractivity contribution in [2.75, 3.05) is 17.4 Å². The first-order valence-corrected chi connectivity index (χ1v) is 14.7. The van der Waals surface area contributed by atoms with Crippen molar-refractivity contribution in [2.24, 2.45) is 5.92 Å². The lowest BCUT2D eigenvalue weighted by molar-refractivity contribution is -0.139. The van der Waals surface area contributed by atoms with Crippen LogP contribution in [0.1, 0.15) is 31.9 Å². The molecule has 7 nitrogen and oxygen atoms in total. The fourth-order valence-corrected chi connectivity index (χ4v) is 5.70. The second-order valence-electron chi connectivity index (χ2n) is 9.57. The van der Waals surface area contributed by atoms with E-state index < -0.39 is 28.5 Å². The average Bonchev–Trinajstić information content (AvgIpc) is 2.89. The van der Waals surface area contributed by atoms with Crippen molar-refractivity contribution < 1.29 is 18.0 Å². The summed E-state index contributed by atoms with van der Waals surface area (Å²) in [7, 11) is -4.08. The van der Waals surface area contributed by atoms with Crippen LogP contribution in [0.25, 0.3) is 0 Å². The molecule has 3 rings (SSSR count). The van der Waals surface area contributed by atoms with Gasteiger partial charge in [-0.25, -0.2) is 8.42 Å². The maximum absolute atomic E-state index is 13.9. The molecule has 3 aromatic rings. The Labute approximate surface area is 234 Å². The molecule has 0 aliphatic heterocycles. The van der Waals surface area contributed by atoms with Crippen LogP contribution in [-0.4, -0.2) is 44.3 Å². The van der Waals surface area contributed by atoms with Gasteiger partial charge >= 0.3 is 0 Å². The lowest BCUT2D eigenvalue weighted by atomic mass is 10.1. The van der Waals surface area contributed by atoms with Crippen LogP contribution >= 0.6 is 15.9 Å². The SMILES string of the molecule is Cc1ccccc1CN(C(=O)CN(c1cccc(Br)c1)S(=O)(=O)c1ccccc1)C(C)C(=O)NCC(C)C. The van der Waals surface area contributed by atoms with Gasteiger partial charge in [0.1, 0.15) is 12.6 Å². The fourth-order valence-electron chi connectivity index (χ4n) is 3.89. The zero-order valence-corrected chi connectivity index (χ0v) is 24.5. The van der Waals surface area contributed by atoms with Crippen LogP contribution < -0.4 is 9.62 Å². The van der Waals surface area contributed by atoms with Gasteiger partial charge in [0.25, 0.3) is 10.0 Å². The number of hydrogen-bond acceptors (Lipinski definition) is 4. The minimum Gasteiger partial charge on any atom is -0.354 e. The zero-order valence-electron chi connectivity index (χ0n) is 22.1. The molecule has 1 unspecified atom stereocenters. The number of anilines is 1. The van der Waals surface area contributed by atoms with Crippen LogP contribution in [0, 0.1) is 12.8 Å². The number of carbonyl (C=O) groups is 2. The standard InChI is InChI=1S/C29H34BrN3O4S/c1-21(2)18-31-29(35)23(4)32(19-24-12-9-8-11-22(24)3)28(34)20-33(26-14-10-13-25(30)17-26)38(36,37)27-15-6-5-7-16-27/h5-17,21,23H,18-20H2,1-4H3,(H,31,35). The molecule has 1 atom stereocenters. The Morgan fingerprint density at radius 3 is 2.21 bits per heavy atom. The molecule has 0 bridgehead atoms. The third-order valence-corrected chi connectivity index (χ3v) is 8.44. The Hall–Kier alpha value is -3.17. The van der Waals surface area contributed by atoms with E-state index in [4.69, 9.17) is 0 Å². The highest BCUT2D eigenvalue weighted by Crippen LogP contribution is 2.27. The molecule has 1 N–H and O–H groups in total. The molecule has 0 aromatic heterocycles. The number of amides is 2. The Kier molecular flexibility index (Phi) is 10.1. The van der Waals surface area contributed by atoms with E-state index in [1.54, 1.807) is 49.4 Å². The number of carbonyl (C=O) groups excluding carboxylic acids is 2. The van der Waals surface area contributed by atoms with Crippen molar-refractivity contribution >= 4 is 43.5 Å². The number of hydrogen-bond donors (Lipinski definition) is 1. The number of nitrogens with zero attached hydrogens (tertiary/aromatic N) is 2. The fraction of sp³-hybridized carbons (Fsp3) is 0.310. The molecule has 0 saturated heterocycles. The lowest BCUT2D eigenvalue weighted by Crippen LogP contribution is -2.51. The van der Waals surface area contributed by atoms with Gasteiger partial charge in [-0.05, 0) is 61.2 Å². The van der Waals surface area contributed by atoms with Gasteiger partial charge in [-0.3, -0.25) is 13.9 Å². The molecular formula is C29H34BrN3O4S. The Balaban J connectivity index is 2.01. The van der Waals surface area contributed by atoms with Gasteiger partial charge in [-0.1, -0.05) is 78.3 Å². The quantitative estimate of drug-likeness (QED) is 0.330. The molecule has 0 radical (unpaired) electrons. The van der Waals surface area contributed by atoms with Crippen LogP contribution in [0.2, 0.25) is 0 Å². The summed E-state index contributed by atoms with van der Waals surface area (Å²) >= 11 is 3.40. The predicted molar refractivity (Wildman–Crippen MR) is 154 cm³/mol. The normalized spacial score (nSPS) is 12.2. The van der Waals surface area contributed by atoms with Crippen molar-refractivity contribution in [1.29, 1.82) is 0 Å². The van der Waals surface area contributed by atoms with Gasteiger partial charge in [-0.15, -0.1) is 0 Å². The third-order valence-electron chi connectivity index (χ3n) is 6.16. The van der Waals surface area contributed by atoms with E-state index in [1.807, 2.05) is 45.0 Å². The molecule has 0 aliphatic rings. The van der Waals surface area contributed by atoms with Gasteiger partial charge in [-0.2, -0.15) is 0 Å². The predicted octanol–water partition coefficient (Wildman–Crippen LogP) is 5.14. The van der Waals surface area contributed by atoms with Crippen molar-refractivity contribution in [3.05, 3.63) is 94.5 Å². The van der Waals surface area contributed by atoms with E-state index in [2.05, 4.69) is 21.2 Å². The summed E-state index contributed by atoms with van der Waals surface area (Å²) in [6.45, 7) is 7.76. The van der Waals surface area contributed by atoms with E-state index in [1.165, 1.54) is 17.0 Å². The first-order chi connectivity index (χ1) is 18.0. The lowest BCUT2D eigenvalue weighted by Gasteiger charge is -2.32. The van der Waals surface area contributed by atoms with Crippen LogP contribution in [0.4, 0.5) is 5.69 Å². The van der Waals surface area contributed by atoms with Crippen molar-refractivity contribution in [3.8, 4) is 0 Å². The van der Waals surface area contributed by atoms with Gasteiger partial charge in [0.05, 0.1) is 10.6 Å². The molecule has 2 amide bonds. The van der Waals surface area contributed by atoms with Crippen molar-refractivity contribution in [2.45, 2.75) is 45.2 Å². The molecular weight excluding hydrogens is 566 g/mol. The molecule has 0 heterocycles. The van der Waals surface area contributed by atoms with E-state index in [9.17, 15) is 18.0 Å². The molecule has 202 valence electrons. The Morgan fingerprint density at radius 1 is 0.921 bits per heavy atom. The maximum Gasteiger partial charge on any atom is 0.264 e. The molecule has 0 spiro atoms. The van der Waals surface area contributed by atoms with Gasteiger partial charge in [0, 0.05) is 17.6 Å². The number of benzene rings is 3. The van der Waals surface area contributed by atoms with Crippen molar-refractivity contribution in [1.82, 2.24) is 10.2 Å². The zero-order chi connectivity index (χ0) is 27.9.